The zero-order valence-corrected chi connectivity index (χ0v) is 13.6. The maximum absolute atomic E-state index is 12.0. The van der Waals surface area contributed by atoms with E-state index >= 15 is 0 Å². The fourth-order valence-corrected chi connectivity index (χ4v) is 2.23. The third-order valence-corrected chi connectivity index (χ3v) is 3.43. The molecule has 1 aromatic heterocycles. The summed E-state index contributed by atoms with van der Waals surface area (Å²) in [5, 5.41) is 5.44. The molecule has 1 heterocycles. The van der Waals surface area contributed by atoms with Crippen molar-refractivity contribution >= 4 is 23.2 Å². The van der Waals surface area contributed by atoms with Crippen LogP contribution in [-0.4, -0.2) is 22.4 Å². The monoisotopic (exact) mass is 318 g/mol. The molecule has 0 bridgehead atoms. The van der Waals surface area contributed by atoms with Gasteiger partial charge in [0, 0.05) is 22.7 Å². The molecule has 116 valence electrons. The highest BCUT2D eigenvalue weighted by Gasteiger charge is 2.16. The van der Waals surface area contributed by atoms with Gasteiger partial charge in [0.05, 0.1) is 5.56 Å². The van der Waals surface area contributed by atoms with Crippen molar-refractivity contribution in [1.29, 1.82) is 0 Å². The van der Waals surface area contributed by atoms with Crippen LogP contribution < -0.4 is 5.32 Å². The first-order valence-corrected chi connectivity index (χ1v) is 7.71. The first-order valence-electron chi connectivity index (χ1n) is 6.83. The second-order valence-corrected chi connectivity index (χ2v) is 6.76. The van der Waals surface area contributed by atoms with Crippen LogP contribution in [0, 0.1) is 0 Å². The molecule has 0 saturated carbocycles. The second-order valence-electron chi connectivity index (χ2n) is 5.78. The third kappa shape index (κ3) is 4.66. The molecule has 0 aliphatic rings. The van der Waals surface area contributed by atoms with Crippen LogP contribution in [-0.2, 0) is 11.3 Å². The Balaban J connectivity index is 1.96. The lowest BCUT2D eigenvalue weighted by Crippen LogP contribution is -2.40. The van der Waals surface area contributed by atoms with E-state index in [1.54, 1.807) is 30.5 Å². The smallest absolute Gasteiger partial charge is 0.338 e. The Morgan fingerprint density at radius 1 is 1.18 bits per heavy atom. The van der Waals surface area contributed by atoms with Gasteiger partial charge in [-0.3, -0.25) is 4.79 Å². The summed E-state index contributed by atoms with van der Waals surface area (Å²) >= 11 is 1.43. The van der Waals surface area contributed by atoms with Gasteiger partial charge in [-0.1, -0.05) is 0 Å². The van der Waals surface area contributed by atoms with Crippen molar-refractivity contribution < 1.29 is 14.3 Å². The van der Waals surface area contributed by atoms with Crippen LogP contribution in [0.2, 0.25) is 0 Å². The Morgan fingerprint density at radius 2 is 1.82 bits per heavy atom. The van der Waals surface area contributed by atoms with Crippen molar-refractivity contribution in [2.75, 3.05) is 0 Å². The van der Waals surface area contributed by atoms with Gasteiger partial charge in [0.15, 0.2) is 0 Å². The zero-order valence-electron chi connectivity index (χ0n) is 12.8. The summed E-state index contributed by atoms with van der Waals surface area (Å²) in [6.45, 7) is 5.89. The Kier molecular flexibility index (Phi) is 4.92. The molecule has 1 amide bonds. The van der Waals surface area contributed by atoms with Crippen LogP contribution in [0.4, 0.5) is 0 Å². The molecule has 0 spiro atoms. The lowest BCUT2D eigenvalue weighted by atomic mass is 10.1. The van der Waals surface area contributed by atoms with Gasteiger partial charge in [-0.15, -0.1) is 11.3 Å². The maximum atomic E-state index is 12.0. The van der Waals surface area contributed by atoms with E-state index < -0.39 is 5.97 Å². The van der Waals surface area contributed by atoms with Crippen molar-refractivity contribution in [3.8, 4) is 0 Å². The molecule has 2 aromatic rings. The minimum Gasteiger partial charge on any atom is -0.455 e. The van der Waals surface area contributed by atoms with Crippen molar-refractivity contribution in [3.05, 3.63) is 52.0 Å². The van der Waals surface area contributed by atoms with Crippen molar-refractivity contribution in [1.82, 2.24) is 10.3 Å². The summed E-state index contributed by atoms with van der Waals surface area (Å²) in [4.78, 5) is 27.9. The van der Waals surface area contributed by atoms with Gasteiger partial charge in [-0.05, 0) is 45.0 Å². The SMILES string of the molecule is CC(C)(C)NC(=O)c1ccc(C(=O)OCc2nccs2)cc1. The molecular weight excluding hydrogens is 300 g/mol. The highest BCUT2D eigenvalue weighted by Crippen LogP contribution is 2.11. The second kappa shape index (κ2) is 6.70. The summed E-state index contributed by atoms with van der Waals surface area (Å²) in [5.41, 5.74) is 0.609. The van der Waals surface area contributed by atoms with Crippen LogP contribution in [0.25, 0.3) is 0 Å². The number of hydrogen-bond acceptors (Lipinski definition) is 5. The molecule has 1 N–H and O–H groups in total. The van der Waals surface area contributed by atoms with Crippen LogP contribution in [0.1, 0.15) is 46.5 Å². The van der Waals surface area contributed by atoms with E-state index in [0.717, 1.165) is 5.01 Å². The van der Waals surface area contributed by atoms with Gasteiger partial charge in [-0.2, -0.15) is 0 Å². The largest absolute Gasteiger partial charge is 0.455 e. The maximum Gasteiger partial charge on any atom is 0.338 e. The Hall–Kier alpha value is -2.21. The lowest BCUT2D eigenvalue weighted by molar-refractivity contribution is 0.0472. The predicted octanol–water partition coefficient (Wildman–Crippen LogP) is 3.03. The van der Waals surface area contributed by atoms with Crippen LogP contribution in [0.5, 0.6) is 0 Å². The Morgan fingerprint density at radius 3 is 2.36 bits per heavy atom. The summed E-state index contributed by atoms with van der Waals surface area (Å²) in [7, 11) is 0. The fourth-order valence-electron chi connectivity index (χ4n) is 1.71. The van der Waals surface area contributed by atoms with E-state index in [1.807, 2.05) is 26.2 Å². The van der Waals surface area contributed by atoms with Gasteiger partial charge in [0.2, 0.25) is 0 Å². The molecule has 0 aliphatic carbocycles. The number of hydrogen-bond donors (Lipinski definition) is 1. The number of esters is 1. The number of carbonyl (C=O) groups excluding carboxylic acids is 2. The number of ether oxygens (including phenoxy) is 1. The van der Waals surface area contributed by atoms with Gasteiger partial charge in [0.25, 0.3) is 5.91 Å². The van der Waals surface area contributed by atoms with E-state index in [2.05, 4.69) is 10.3 Å². The molecule has 0 unspecified atom stereocenters. The fraction of sp³-hybridized carbons (Fsp3) is 0.312. The first-order chi connectivity index (χ1) is 10.3. The van der Waals surface area contributed by atoms with E-state index in [-0.39, 0.29) is 18.1 Å². The molecule has 22 heavy (non-hydrogen) atoms. The van der Waals surface area contributed by atoms with Crippen molar-refractivity contribution in [2.24, 2.45) is 0 Å². The van der Waals surface area contributed by atoms with E-state index in [4.69, 9.17) is 4.74 Å². The van der Waals surface area contributed by atoms with Gasteiger partial charge in [-0.25, -0.2) is 9.78 Å². The molecule has 1 aromatic carbocycles. The molecule has 0 fully saturated rings. The summed E-state index contributed by atoms with van der Waals surface area (Å²) in [6.07, 6.45) is 1.66. The highest BCUT2D eigenvalue weighted by atomic mass is 32.1. The summed E-state index contributed by atoms with van der Waals surface area (Å²) < 4.78 is 5.16. The van der Waals surface area contributed by atoms with Gasteiger partial charge < -0.3 is 10.1 Å². The minimum atomic E-state index is -0.432. The number of aromatic nitrogens is 1. The van der Waals surface area contributed by atoms with Crippen molar-refractivity contribution in [3.63, 3.8) is 0 Å². The normalized spacial score (nSPS) is 11.0. The first kappa shape index (κ1) is 16.2. The van der Waals surface area contributed by atoms with E-state index in [1.165, 1.54) is 11.3 Å². The lowest BCUT2D eigenvalue weighted by Gasteiger charge is -2.20. The topological polar surface area (TPSA) is 68.3 Å². The molecule has 6 heteroatoms. The molecule has 0 atom stereocenters. The van der Waals surface area contributed by atoms with Gasteiger partial charge >= 0.3 is 5.97 Å². The zero-order chi connectivity index (χ0) is 16.2. The average molecular weight is 318 g/mol. The Bertz CT molecular complexity index is 643. The van der Waals surface area contributed by atoms with Crippen LogP contribution in [0.15, 0.2) is 35.8 Å². The summed E-state index contributed by atoms with van der Waals surface area (Å²) in [6, 6.07) is 6.39. The number of benzene rings is 1. The molecule has 2 rings (SSSR count). The van der Waals surface area contributed by atoms with Crippen LogP contribution in [0.3, 0.4) is 0 Å². The van der Waals surface area contributed by atoms with E-state index in [9.17, 15) is 9.59 Å². The highest BCUT2D eigenvalue weighted by molar-refractivity contribution is 7.09. The average Bonchev–Trinajstić information content (AvgIpc) is 2.96. The molecule has 0 radical (unpaired) electrons. The van der Waals surface area contributed by atoms with Crippen LogP contribution >= 0.6 is 11.3 Å². The number of rotatable bonds is 4. The third-order valence-electron chi connectivity index (χ3n) is 2.68. The standard InChI is InChI=1S/C16H18N2O3S/c1-16(2,3)18-14(19)11-4-6-12(7-5-11)15(20)21-10-13-17-8-9-22-13/h4-9H,10H2,1-3H3,(H,18,19). The molecule has 0 saturated heterocycles. The number of nitrogens with one attached hydrogen (secondary N) is 1. The number of amides is 1. The molecule has 5 nitrogen and oxygen atoms in total. The molecular formula is C16H18N2O3S. The number of nitrogens with zero attached hydrogens (tertiary/aromatic N) is 1. The predicted molar refractivity (Wildman–Crippen MR) is 84.9 cm³/mol. The van der Waals surface area contributed by atoms with Gasteiger partial charge in [0.1, 0.15) is 11.6 Å². The number of thiazole rings is 1. The number of carbonyl (C=O) groups is 2. The molecule has 0 aliphatic heterocycles. The van der Waals surface area contributed by atoms with E-state index in [0.29, 0.717) is 11.1 Å². The quantitative estimate of drug-likeness (QED) is 0.880. The summed E-state index contributed by atoms with van der Waals surface area (Å²) in [5.74, 6) is -0.604. The Labute approximate surface area is 133 Å². The minimum absolute atomic E-state index is 0.156. The van der Waals surface area contributed by atoms with Crippen molar-refractivity contribution in [2.45, 2.75) is 32.9 Å².